The molecule has 136 valence electrons. The minimum absolute atomic E-state index is 0.730. The average molecular weight is 356 g/mol. The summed E-state index contributed by atoms with van der Waals surface area (Å²) in [6.45, 7) is 7.10. The number of hydrogen-bond donors (Lipinski definition) is 3. The lowest BCUT2D eigenvalue weighted by molar-refractivity contribution is 1.16. The SMILES string of the molecule is Cc1cc(C)c(Nc2nc3c(CNc4ccccc4)cccc3[nH]2)c(C)c1. The maximum atomic E-state index is 4.82. The molecule has 4 nitrogen and oxygen atoms in total. The first-order valence-electron chi connectivity index (χ1n) is 9.21. The smallest absolute Gasteiger partial charge is 0.205 e. The highest BCUT2D eigenvalue weighted by atomic mass is 15.1. The van der Waals surface area contributed by atoms with E-state index >= 15 is 0 Å². The summed E-state index contributed by atoms with van der Waals surface area (Å²) in [5, 5.41) is 6.93. The Bertz CT molecular complexity index is 1060. The Labute approximate surface area is 159 Å². The molecule has 0 saturated carbocycles. The molecule has 4 heteroatoms. The number of benzene rings is 3. The molecule has 0 fully saturated rings. The van der Waals surface area contributed by atoms with E-state index in [1.807, 2.05) is 18.2 Å². The van der Waals surface area contributed by atoms with Crippen molar-refractivity contribution in [1.29, 1.82) is 0 Å². The molecular formula is C23H24N4. The molecular weight excluding hydrogens is 332 g/mol. The number of fused-ring (bicyclic) bond motifs is 1. The molecule has 4 rings (SSSR count). The fourth-order valence-electron chi connectivity index (χ4n) is 3.54. The molecule has 0 amide bonds. The topological polar surface area (TPSA) is 52.7 Å². The van der Waals surface area contributed by atoms with E-state index in [9.17, 15) is 0 Å². The minimum Gasteiger partial charge on any atom is -0.381 e. The largest absolute Gasteiger partial charge is 0.381 e. The molecule has 0 radical (unpaired) electrons. The third-order valence-electron chi connectivity index (χ3n) is 4.77. The second-order valence-corrected chi connectivity index (χ2v) is 7.02. The Hall–Kier alpha value is -3.27. The number of H-pyrrole nitrogens is 1. The maximum Gasteiger partial charge on any atom is 0.205 e. The highest BCUT2D eigenvalue weighted by Crippen LogP contribution is 2.27. The summed E-state index contributed by atoms with van der Waals surface area (Å²) in [5.41, 5.74) is 9.13. The number of imidazole rings is 1. The number of nitrogens with one attached hydrogen (secondary N) is 3. The van der Waals surface area contributed by atoms with Crippen LogP contribution in [0.3, 0.4) is 0 Å². The highest BCUT2D eigenvalue weighted by Gasteiger charge is 2.10. The van der Waals surface area contributed by atoms with Crippen LogP contribution >= 0.6 is 0 Å². The first kappa shape index (κ1) is 17.2. The van der Waals surface area contributed by atoms with Crippen molar-refractivity contribution in [3.8, 4) is 0 Å². The highest BCUT2D eigenvalue weighted by molar-refractivity contribution is 5.82. The lowest BCUT2D eigenvalue weighted by atomic mass is 10.1. The van der Waals surface area contributed by atoms with E-state index in [1.54, 1.807) is 0 Å². The molecule has 3 aromatic carbocycles. The van der Waals surface area contributed by atoms with E-state index in [4.69, 9.17) is 4.98 Å². The van der Waals surface area contributed by atoms with Gasteiger partial charge >= 0.3 is 0 Å². The van der Waals surface area contributed by atoms with Crippen LogP contribution in [0.25, 0.3) is 11.0 Å². The average Bonchev–Trinajstić information content (AvgIpc) is 3.07. The first-order valence-corrected chi connectivity index (χ1v) is 9.21. The van der Waals surface area contributed by atoms with Gasteiger partial charge in [0.05, 0.1) is 11.0 Å². The maximum absolute atomic E-state index is 4.82. The summed E-state index contributed by atoms with van der Waals surface area (Å²) in [6, 6.07) is 20.8. The van der Waals surface area contributed by atoms with Crippen LogP contribution in [0, 0.1) is 20.8 Å². The molecule has 0 aliphatic carbocycles. The second-order valence-electron chi connectivity index (χ2n) is 7.02. The molecule has 0 saturated heterocycles. The van der Waals surface area contributed by atoms with Crippen molar-refractivity contribution in [2.24, 2.45) is 0 Å². The van der Waals surface area contributed by atoms with Crippen LogP contribution in [-0.4, -0.2) is 9.97 Å². The number of anilines is 3. The normalized spacial score (nSPS) is 10.9. The Morgan fingerprint density at radius 2 is 1.63 bits per heavy atom. The molecule has 1 aromatic heterocycles. The first-order chi connectivity index (χ1) is 13.1. The monoisotopic (exact) mass is 356 g/mol. The van der Waals surface area contributed by atoms with Crippen molar-refractivity contribution in [2.75, 3.05) is 10.6 Å². The number of aromatic amines is 1. The second kappa shape index (κ2) is 7.16. The van der Waals surface area contributed by atoms with Crippen LogP contribution < -0.4 is 10.6 Å². The van der Waals surface area contributed by atoms with Crippen LogP contribution in [0.5, 0.6) is 0 Å². The van der Waals surface area contributed by atoms with Gasteiger partial charge < -0.3 is 15.6 Å². The van der Waals surface area contributed by atoms with Crippen molar-refractivity contribution in [2.45, 2.75) is 27.3 Å². The van der Waals surface area contributed by atoms with Crippen molar-refractivity contribution < 1.29 is 0 Å². The Balaban J connectivity index is 1.61. The van der Waals surface area contributed by atoms with Gasteiger partial charge in [-0.3, -0.25) is 0 Å². The van der Waals surface area contributed by atoms with Crippen LogP contribution in [0.1, 0.15) is 22.3 Å². The van der Waals surface area contributed by atoms with E-state index in [0.29, 0.717) is 0 Å². The number of para-hydroxylation sites is 2. The van der Waals surface area contributed by atoms with Gasteiger partial charge in [0.2, 0.25) is 5.95 Å². The molecule has 1 heterocycles. The van der Waals surface area contributed by atoms with Gasteiger partial charge in [-0.2, -0.15) is 0 Å². The standard InChI is InChI=1S/C23H24N4/c1-15-12-16(2)21(17(3)13-15)26-23-25-20-11-7-8-18(22(20)27-23)14-24-19-9-5-4-6-10-19/h4-13,24H,14H2,1-3H3,(H2,25,26,27). The van der Waals surface area contributed by atoms with E-state index < -0.39 is 0 Å². The van der Waals surface area contributed by atoms with E-state index in [2.05, 4.69) is 78.9 Å². The molecule has 4 aromatic rings. The number of aromatic nitrogens is 2. The molecule has 27 heavy (non-hydrogen) atoms. The third-order valence-corrected chi connectivity index (χ3v) is 4.77. The van der Waals surface area contributed by atoms with Crippen molar-refractivity contribution in [3.63, 3.8) is 0 Å². The zero-order valence-electron chi connectivity index (χ0n) is 15.9. The van der Waals surface area contributed by atoms with Gasteiger partial charge in [0.1, 0.15) is 0 Å². The van der Waals surface area contributed by atoms with E-state index in [0.717, 1.165) is 40.5 Å². The quantitative estimate of drug-likeness (QED) is 0.421. The summed E-state index contributed by atoms with van der Waals surface area (Å²) >= 11 is 0. The molecule has 0 atom stereocenters. The molecule has 0 bridgehead atoms. The Kier molecular flexibility index (Phi) is 4.55. The van der Waals surface area contributed by atoms with Crippen molar-refractivity contribution in [3.05, 3.63) is 82.9 Å². The molecule has 0 unspecified atom stereocenters. The fraction of sp³-hybridized carbons (Fsp3) is 0.174. The summed E-state index contributed by atoms with van der Waals surface area (Å²) in [5.74, 6) is 0.771. The Morgan fingerprint density at radius 1 is 0.889 bits per heavy atom. The minimum atomic E-state index is 0.730. The number of hydrogen-bond acceptors (Lipinski definition) is 3. The van der Waals surface area contributed by atoms with Gasteiger partial charge in [-0.1, -0.05) is 48.0 Å². The number of aryl methyl sites for hydroxylation is 3. The summed E-state index contributed by atoms with van der Waals surface area (Å²) in [6.07, 6.45) is 0. The van der Waals surface area contributed by atoms with Gasteiger partial charge in [0.25, 0.3) is 0 Å². The van der Waals surface area contributed by atoms with E-state index in [1.165, 1.54) is 16.7 Å². The van der Waals surface area contributed by atoms with Crippen LogP contribution in [0.4, 0.5) is 17.3 Å². The molecule has 0 aliphatic rings. The molecule has 0 aliphatic heterocycles. The van der Waals surface area contributed by atoms with E-state index in [-0.39, 0.29) is 0 Å². The van der Waals surface area contributed by atoms with Gasteiger partial charge in [-0.05, 0) is 55.7 Å². The zero-order valence-corrected chi connectivity index (χ0v) is 15.9. The predicted molar refractivity (Wildman–Crippen MR) is 114 cm³/mol. The van der Waals surface area contributed by atoms with Gasteiger partial charge in [0.15, 0.2) is 0 Å². The number of rotatable bonds is 5. The van der Waals surface area contributed by atoms with Gasteiger partial charge in [0, 0.05) is 17.9 Å². The molecule has 3 N–H and O–H groups in total. The predicted octanol–water partition coefficient (Wildman–Crippen LogP) is 5.84. The lowest BCUT2D eigenvalue weighted by Gasteiger charge is -2.11. The summed E-state index contributed by atoms with van der Waals surface area (Å²) < 4.78 is 0. The third kappa shape index (κ3) is 3.65. The lowest BCUT2D eigenvalue weighted by Crippen LogP contribution is -2.00. The van der Waals surface area contributed by atoms with Gasteiger partial charge in [-0.15, -0.1) is 0 Å². The Morgan fingerprint density at radius 3 is 2.37 bits per heavy atom. The summed E-state index contributed by atoms with van der Waals surface area (Å²) in [7, 11) is 0. The van der Waals surface area contributed by atoms with Crippen molar-refractivity contribution in [1.82, 2.24) is 9.97 Å². The van der Waals surface area contributed by atoms with Crippen LogP contribution in [0.2, 0.25) is 0 Å². The fourth-order valence-corrected chi connectivity index (χ4v) is 3.54. The molecule has 0 spiro atoms. The summed E-state index contributed by atoms with van der Waals surface area (Å²) in [4.78, 5) is 8.22. The number of nitrogens with zero attached hydrogens (tertiary/aromatic N) is 1. The van der Waals surface area contributed by atoms with Crippen LogP contribution in [-0.2, 0) is 6.54 Å². The van der Waals surface area contributed by atoms with Crippen LogP contribution in [0.15, 0.2) is 60.7 Å². The van der Waals surface area contributed by atoms with Crippen molar-refractivity contribution >= 4 is 28.4 Å². The zero-order chi connectivity index (χ0) is 18.8. The van der Waals surface area contributed by atoms with Gasteiger partial charge in [-0.25, -0.2) is 4.98 Å².